The van der Waals surface area contributed by atoms with Crippen LogP contribution < -0.4 is 15.4 Å². The summed E-state index contributed by atoms with van der Waals surface area (Å²) in [4.78, 5) is 24.6. The standard InChI is InChI=1S/C18H19N5O3S2/c1-11(16(24)20-17(25)19-2)28-18-22-21-15(14-9-6-10-27-14)23(18)12-7-4-5-8-13(12)26-3/h4-11H,1-3H3,(H2,19,20,24,25). The lowest BCUT2D eigenvalue weighted by atomic mass is 10.3. The maximum atomic E-state index is 12.3. The molecule has 1 aromatic carbocycles. The molecule has 3 amide bonds. The van der Waals surface area contributed by atoms with E-state index in [0.717, 1.165) is 10.6 Å². The molecule has 3 aromatic rings. The van der Waals surface area contributed by atoms with Crippen molar-refractivity contribution in [1.29, 1.82) is 0 Å². The van der Waals surface area contributed by atoms with Crippen LogP contribution in [0, 0.1) is 0 Å². The Labute approximate surface area is 170 Å². The SMILES string of the molecule is CNC(=O)NC(=O)C(C)Sc1nnc(-c2cccs2)n1-c1ccccc1OC. The van der Waals surface area contributed by atoms with Gasteiger partial charge in [-0.1, -0.05) is 30.0 Å². The number of thiophene rings is 1. The van der Waals surface area contributed by atoms with Crippen molar-refractivity contribution in [3.63, 3.8) is 0 Å². The van der Waals surface area contributed by atoms with Gasteiger partial charge in [0.15, 0.2) is 11.0 Å². The molecule has 1 atom stereocenters. The third kappa shape index (κ3) is 4.18. The summed E-state index contributed by atoms with van der Waals surface area (Å²) in [5.74, 6) is 0.891. The Morgan fingerprint density at radius 1 is 1.21 bits per heavy atom. The van der Waals surface area contributed by atoms with E-state index in [2.05, 4.69) is 20.8 Å². The molecule has 146 valence electrons. The number of benzene rings is 1. The first-order chi connectivity index (χ1) is 13.5. The Balaban J connectivity index is 2.00. The van der Waals surface area contributed by atoms with Gasteiger partial charge in [0.25, 0.3) is 0 Å². The molecule has 0 aliphatic carbocycles. The minimum absolute atomic E-state index is 0.420. The van der Waals surface area contributed by atoms with E-state index in [0.29, 0.717) is 16.7 Å². The van der Waals surface area contributed by atoms with Crippen molar-refractivity contribution in [3.8, 4) is 22.1 Å². The topological polar surface area (TPSA) is 98.1 Å². The summed E-state index contributed by atoms with van der Waals surface area (Å²) in [6.45, 7) is 1.70. The highest BCUT2D eigenvalue weighted by Gasteiger charge is 2.24. The second-order valence-electron chi connectivity index (χ2n) is 5.62. The fourth-order valence-corrected chi connectivity index (χ4v) is 3.99. The van der Waals surface area contributed by atoms with Gasteiger partial charge in [0.05, 0.1) is 22.9 Å². The summed E-state index contributed by atoms with van der Waals surface area (Å²) in [6, 6.07) is 10.9. The molecule has 0 saturated carbocycles. The Kier molecular flexibility index (Phi) is 6.32. The number of hydrogen-bond donors (Lipinski definition) is 2. The third-order valence-electron chi connectivity index (χ3n) is 3.82. The lowest BCUT2D eigenvalue weighted by molar-refractivity contribution is -0.119. The number of rotatable bonds is 6. The molecule has 0 aliphatic heterocycles. The van der Waals surface area contributed by atoms with Crippen molar-refractivity contribution in [2.75, 3.05) is 14.2 Å². The normalized spacial score (nSPS) is 11.7. The van der Waals surface area contributed by atoms with E-state index < -0.39 is 17.2 Å². The highest BCUT2D eigenvalue weighted by atomic mass is 32.2. The number of nitrogens with one attached hydrogen (secondary N) is 2. The molecule has 1 unspecified atom stereocenters. The van der Waals surface area contributed by atoms with E-state index >= 15 is 0 Å². The summed E-state index contributed by atoms with van der Waals surface area (Å²) < 4.78 is 7.36. The van der Waals surface area contributed by atoms with Crippen LogP contribution in [0.5, 0.6) is 5.75 Å². The van der Waals surface area contributed by atoms with Crippen LogP contribution >= 0.6 is 23.1 Å². The number of methoxy groups -OCH3 is 1. The van der Waals surface area contributed by atoms with Crippen molar-refractivity contribution in [3.05, 3.63) is 41.8 Å². The fourth-order valence-electron chi connectivity index (χ4n) is 2.43. The second kappa shape index (κ2) is 8.89. The number of para-hydroxylation sites is 2. The molecule has 3 rings (SSSR count). The first kappa shape index (κ1) is 19.9. The monoisotopic (exact) mass is 417 g/mol. The Morgan fingerprint density at radius 3 is 2.68 bits per heavy atom. The quantitative estimate of drug-likeness (QED) is 0.599. The van der Waals surface area contributed by atoms with Gasteiger partial charge in [0.1, 0.15) is 5.75 Å². The Morgan fingerprint density at radius 2 is 2.00 bits per heavy atom. The van der Waals surface area contributed by atoms with E-state index in [9.17, 15) is 9.59 Å². The molecule has 2 N–H and O–H groups in total. The lowest BCUT2D eigenvalue weighted by Crippen LogP contribution is -2.41. The number of thioether (sulfide) groups is 1. The summed E-state index contributed by atoms with van der Waals surface area (Å²) in [7, 11) is 3.05. The second-order valence-corrected chi connectivity index (χ2v) is 7.87. The zero-order chi connectivity index (χ0) is 20.1. The molecule has 2 aromatic heterocycles. The number of carbonyl (C=O) groups excluding carboxylic acids is 2. The molecule has 0 bridgehead atoms. The van der Waals surface area contributed by atoms with Crippen LogP contribution in [0.15, 0.2) is 46.9 Å². The minimum Gasteiger partial charge on any atom is -0.495 e. The largest absolute Gasteiger partial charge is 0.495 e. The van der Waals surface area contributed by atoms with Crippen molar-refractivity contribution >= 4 is 35.0 Å². The number of carbonyl (C=O) groups is 2. The summed E-state index contributed by atoms with van der Waals surface area (Å²) in [5.41, 5.74) is 0.764. The van der Waals surface area contributed by atoms with Crippen LogP contribution in [0.2, 0.25) is 0 Å². The predicted molar refractivity (Wildman–Crippen MR) is 109 cm³/mol. The fraction of sp³-hybridized carbons (Fsp3) is 0.222. The van der Waals surface area contributed by atoms with E-state index in [1.54, 1.807) is 25.4 Å². The molecule has 8 nitrogen and oxygen atoms in total. The van der Waals surface area contributed by atoms with Gasteiger partial charge in [-0.05, 0) is 30.5 Å². The third-order valence-corrected chi connectivity index (χ3v) is 5.72. The average Bonchev–Trinajstić information content (AvgIpc) is 3.37. The van der Waals surface area contributed by atoms with Crippen molar-refractivity contribution < 1.29 is 14.3 Å². The van der Waals surface area contributed by atoms with Gasteiger partial charge < -0.3 is 10.1 Å². The molecule has 0 aliphatic rings. The van der Waals surface area contributed by atoms with Crippen LogP contribution in [-0.2, 0) is 4.79 Å². The van der Waals surface area contributed by atoms with Gasteiger partial charge in [0.2, 0.25) is 5.91 Å². The average molecular weight is 418 g/mol. The van der Waals surface area contributed by atoms with E-state index in [4.69, 9.17) is 4.74 Å². The summed E-state index contributed by atoms with van der Waals surface area (Å²) >= 11 is 2.75. The number of imide groups is 1. The molecule has 0 fully saturated rings. The van der Waals surface area contributed by atoms with Gasteiger partial charge in [-0.3, -0.25) is 14.7 Å². The number of amides is 3. The van der Waals surface area contributed by atoms with Crippen molar-refractivity contribution in [1.82, 2.24) is 25.4 Å². The number of urea groups is 1. The zero-order valence-corrected chi connectivity index (χ0v) is 17.1. The van der Waals surface area contributed by atoms with E-state index in [1.807, 2.05) is 46.3 Å². The van der Waals surface area contributed by atoms with Crippen LogP contribution in [0.1, 0.15) is 6.92 Å². The smallest absolute Gasteiger partial charge is 0.321 e. The van der Waals surface area contributed by atoms with Crippen LogP contribution in [0.3, 0.4) is 0 Å². The van der Waals surface area contributed by atoms with E-state index in [1.165, 1.54) is 18.8 Å². The zero-order valence-electron chi connectivity index (χ0n) is 15.5. The highest BCUT2D eigenvalue weighted by molar-refractivity contribution is 8.00. The number of ether oxygens (including phenoxy) is 1. The number of aromatic nitrogens is 3. The summed E-state index contributed by atoms with van der Waals surface area (Å²) in [6.07, 6.45) is 0. The number of nitrogens with zero attached hydrogens (tertiary/aromatic N) is 3. The van der Waals surface area contributed by atoms with Gasteiger partial charge in [-0.25, -0.2) is 4.79 Å². The molecule has 10 heteroatoms. The first-order valence-corrected chi connectivity index (χ1v) is 10.1. The maximum Gasteiger partial charge on any atom is 0.321 e. The van der Waals surface area contributed by atoms with Crippen molar-refractivity contribution in [2.45, 2.75) is 17.3 Å². The summed E-state index contributed by atoms with van der Waals surface area (Å²) in [5, 5.41) is 15.2. The molecule has 0 spiro atoms. The minimum atomic E-state index is -0.564. The lowest BCUT2D eigenvalue weighted by Gasteiger charge is -2.15. The Hall–Kier alpha value is -2.85. The molecular formula is C18H19N5O3S2. The van der Waals surface area contributed by atoms with Gasteiger partial charge >= 0.3 is 6.03 Å². The van der Waals surface area contributed by atoms with Crippen LogP contribution in [0.4, 0.5) is 4.79 Å². The number of hydrogen-bond acceptors (Lipinski definition) is 7. The molecule has 0 saturated heterocycles. The molecule has 2 heterocycles. The molecular weight excluding hydrogens is 398 g/mol. The van der Waals surface area contributed by atoms with Crippen LogP contribution in [-0.4, -0.2) is 46.1 Å². The maximum absolute atomic E-state index is 12.3. The molecule has 28 heavy (non-hydrogen) atoms. The highest BCUT2D eigenvalue weighted by Crippen LogP contribution is 2.35. The van der Waals surface area contributed by atoms with Gasteiger partial charge in [-0.2, -0.15) is 0 Å². The van der Waals surface area contributed by atoms with E-state index in [-0.39, 0.29) is 0 Å². The van der Waals surface area contributed by atoms with Crippen LogP contribution in [0.25, 0.3) is 16.4 Å². The Bertz CT molecular complexity index is 972. The van der Waals surface area contributed by atoms with Gasteiger partial charge in [-0.15, -0.1) is 21.5 Å². The molecule has 0 radical (unpaired) electrons. The predicted octanol–water partition coefficient (Wildman–Crippen LogP) is 2.94. The first-order valence-electron chi connectivity index (χ1n) is 8.37. The van der Waals surface area contributed by atoms with Gasteiger partial charge in [0, 0.05) is 7.05 Å². The van der Waals surface area contributed by atoms with Crippen molar-refractivity contribution in [2.24, 2.45) is 0 Å².